The van der Waals surface area contributed by atoms with Crippen LogP contribution in [0, 0.1) is 0 Å². The summed E-state index contributed by atoms with van der Waals surface area (Å²) in [7, 11) is 0. The number of hydrogen-bond donors (Lipinski definition) is 0. The molecule has 0 radical (unpaired) electrons. The van der Waals surface area contributed by atoms with E-state index >= 15 is 0 Å². The van der Waals surface area contributed by atoms with Crippen molar-refractivity contribution in [1.82, 2.24) is 4.90 Å². The summed E-state index contributed by atoms with van der Waals surface area (Å²) in [6, 6.07) is 15.4. The standard InChI is InChI=1S/C20H20ClNO3S/c21-15-6-2-1-5-14(15)19-9-10-22(11-12-26-19)20(23)18-13-24-16-7-3-4-8-17(16)25-18/h1-8,18-19H,9-13H2. The van der Waals surface area contributed by atoms with Crippen molar-refractivity contribution < 1.29 is 14.3 Å². The summed E-state index contributed by atoms with van der Waals surface area (Å²) < 4.78 is 11.6. The molecule has 0 spiro atoms. The Labute approximate surface area is 162 Å². The lowest BCUT2D eigenvalue weighted by Gasteiger charge is -2.30. The summed E-state index contributed by atoms with van der Waals surface area (Å²) in [5.74, 6) is 2.21. The molecular formula is C20H20ClNO3S. The Kier molecular flexibility index (Phi) is 5.27. The molecule has 2 aliphatic heterocycles. The molecule has 1 fully saturated rings. The third-order valence-electron chi connectivity index (χ3n) is 4.69. The molecule has 4 rings (SSSR count). The number of nitrogens with zero attached hydrogens (tertiary/aromatic N) is 1. The van der Waals surface area contributed by atoms with Gasteiger partial charge in [-0.2, -0.15) is 11.8 Å². The van der Waals surface area contributed by atoms with Crippen molar-refractivity contribution in [3.8, 4) is 11.5 Å². The molecule has 26 heavy (non-hydrogen) atoms. The predicted molar refractivity (Wildman–Crippen MR) is 104 cm³/mol. The summed E-state index contributed by atoms with van der Waals surface area (Å²) in [6.45, 7) is 1.67. The fourth-order valence-corrected chi connectivity index (χ4v) is 4.92. The van der Waals surface area contributed by atoms with Crippen LogP contribution in [0.5, 0.6) is 11.5 Å². The van der Waals surface area contributed by atoms with Gasteiger partial charge in [0.1, 0.15) is 6.61 Å². The molecule has 1 saturated heterocycles. The summed E-state index contributed by atoms with van der Waals surface area (Å²) in [4.78, 5) is 14.8. The third kappa shape index (κ3) is 3.64. The minimum absolute atomic E-state index is 0.0000818. The zero-order valence-corrected chi connectivity index (χ0v) is 15.8. The Morgan fingerprint density at radius 1 is 1.08 bits per heavy atom. The van der Waals surface area contributed by atoms with Gasteiger partial charge in [-0.05, 0) is 30.2 Å². The van der Waals surface area contributed by atoms with Crippen molar-refractivity contribution in [3.05, 3.63) is 59.1 Å². The van der Waals surface area contributed by atoms with Crippen LogP contribution in [-0.2, 0) is 4.79 Å². The van der Waals surface area contributed by atoms with Crippen molar-refractivity contribution in [1.29, 1.82) is 0 Å². The molecule has 2 atom stereocenters. The van der Waals surface area contributed by atoms with Crippen LogP contribution in [0.15, 0.2) is 48.5 Å². The van der Waals surface area contributed by atoms with E-state index < -0.39 is 6.10 Å². The molecule has 4 nitrogen and oxygen atoms in total. The zero-order valence-electron chi connectivity index (χ0n) is 14.3. The molecule has 2 heterocycles. The SMILES string of the molecule is O=C(C1COc2ccccc2O1)N1CCSC(c2ccccc2Cl)CC1. The first-order chi connectivity index (χ1) is 12.7. The molecule has 0 aromatic heterocycles. The Hall–Kier alpha value is -1.85. The number of benzene rings is 2. The lowest BCUT2D eigenvalue weighted by atomic mass is 10.1. The Morgan fingerprint density at radius 2 is 1.85 bits per heavy atom. The zero-order chi connectivity index (χ0) is 17.9. The van der Waals surface area contributed by atoms with Crippen LogP contribution in [-0.4, -0.2) is 42.4 Å². The molecule has 1 amide bonds. The van der Waals surface area contributed by atoms with Crippen LogP contribution >= 0.6 is 23.4 Å². The van der Waals surface area contributed by atoms with Gasteiger partial charge >= 0.3 is 0 Å². The molecule has 0 saturated carbocycles. The highest BCUT2D eigenvalue weighted by atomic mass is 35.5. The summed E-state index contributed by atoms with van der Waals surface area (Å²) in [5.41, 5.74) is 1.15. The van der Waals surface area contributed by atoms with Crippen LogP contribution < -0.4 is 9.47 Å². The number of rotatable bonds is 2. The quantitative estimate of drug-likeness (QED) is 0.772. The lowest BCUT2D eigenvalue weighted by molar-refractivity contribution is -0.140. The maximum Gasteiger partial charge on any atom is 0.267 e. The first-order valence-electron chi connectivity index (χ1n) is 8.75. The Balaban J connectivity index is 1.41. The molecule has 136 valence electrons. The van der Waals surface area contributed by atoms with Gasteiger partial charge in [-0.3, -0.25) is 4.79 Å². The van der Waals surface area contributed by atoms with Gasteiger partial charge in [0.05, 0.1) is 0 Å². The van der Waals surface area contributed by atoms with Crippen molar-refractivity contribution in [2.24, 2.45) is 0 Å². The first kappa shape index (κ1) is 17.6. The van der Waals surface area contributed by atoms with Gasteiger partial charge in [0.2, 0.25) is 6.10 Å². The van der Waals surface area contributed by atoms with E-state index in [0.717, 1.165) is 22.8 Å². The van der Waals surface area contributed by atoms with Crippen LogP contribution in [0.4, 0.5) is 0 Å². The van der Waals surface area contributed by atoms with Gasteiger partial charge in [-0.25, -0.2) is 0 Å². The van der Waals surface area contributed by atoms with Crippen LogP contribution in [0.1, 0.15) is 17.2 Å². The molecule has 0 bridgehead atoms. The Morgan fingerprint density at radius 3 is 2.69 bits per heavy atom. The number of halogens is 1. The van der Waals surface area contributed by atoms with E-state index in [-0.39, 0.29) is 12.5 Å². The number of carbonyl (C=O) groups excluding carboxylic acids is 1. The molecule has 0 aliphatic carbocycles. The number of carbonyl (C=O) groups is 1. The molecule has 0 N–H and O–H groups in total. The average Bonchev–Trinajstić information content (AvgIpc) is 2.93. The van der Waals surface area contributed by atoms with Gasteiger partial charge in [0.15, 0.2) is 11.5 Å². The average molecular weight is 390 g/mol. The summed E-state index contributed by atoms with van der Waals surface area (Å²) >= 11 is 8.21. The minimum atomic E-state index is -0.577. The van der Waals surface area contributed by atoms with E-state index in [1.165, 1.54) is 0 Å². The smallest absolute Gasteiger partial charge is 0.267 e. The van der Waals surface area contributed by atoms with Crippen molar-refractivity contribution >= 4 is 29.3 Å². The highest BCUT2D eigenvalue weighted by Crippen LogP contribution is 2.38. The summed E-state index contributed by atoms with van der Waals surface area (Å²) in [5, 5.41) is 1.11. The fourth-order valence-electron chi connectivity index (χ4n) is 3.32. The topological polar surface area (TPSA) is 38.8 Å². The van der Waals surface area contributed by atoms with Gasteiger partial charge in [0.25, 0.3) is 5.91 Å². The molecule has 2 unspecified atom stereocenters. The third-order valence-corrected chi connectivity index (χ3v) is 6.34. The molecule has 2 aromatic rings. The number of hydrogen-bond acceptors (Lipinski definition) is 4. The second kappa shape index (κ2) is 7.80. The van der Waals surface area contributed by atoms with Crippen molar-refractivity contribution in [3.63, 3.8) is 0 Å². The fraction of sp³-hybridized carbons (Fsp3) is 0.350. The lowest BCUT2D eigenvalue weighted by Crippen LogP contribution is -2.47. The maximum atomic E-state index is 12.9. The highest BCUT2D eigenvalue weighted by Gasteiger charge is 2.32. The van der Waals surface area contributed by atoms with Gasteiger partial charge < -0.3 is 14.4 Å². The van der Waals surface area contributed by atoms with Crippen LogP contribution in [0.3, 0.4) is 0 Å². The van der Waals surface area contributed by atoms with Gasteiger partial charge in [-0.15, -0.1) is 0 Å². The highest BCUT2D eigenvalue weighted by molar-refractivity contribution is 7.99. The number of amides is 1. The summed E-state index contributed by atoms with van der Waals surface area (Å²) in [6.07, 6.45) is 0.302. The van der Waals surface area contributed by atoms with E-state index in [9.17, 15) is 4.79 Å². The first-order valence-corrected chi connectivity index (χ1v) is 10.2. The molecule has 6 heteroatoms. The number of fused-ring (bicyclic) bond motifs is 1. The second-order valence-corrected chi connectivity index (χ2v) is 8.08. The van der Waals surface area contributed by atoms with E-state index in [1.807, 2.05) is 59.1 Å². The number of ether oxygens (including phenoxy) is 2. The van der Waals surface area contributed by atoms with Gasteiger partial charge in [-0.1, -0.05) is 41.9 Å². The number of para-hydroxylation sites is 2. The second-order valence-electron chi connectivity index (χ2n) is 6.36. The van der Waals surface area contributed by atoms with E-state index in [2.05, 4.69) is 6.07 Å². The van der Waals surface area contributed by atoms with E-state index in [1.54, 1.807) is 0 Å². The molecule has 2 aromatic carbocycles. The van der Waals surface area contributed by atoms with Gasteiger partial charge in [0, 0.05) is 29.1 Å². The molecule has 2 aliphatic rings. The van der Waals surface area contributed by atoms with E-state index in [4.69, 9.17) is 21.1 Å². The van der Waals surface area contributed by atoms with Crippen molar-refractivity contribution in [2.75, 3.05) is 25.4 Å². The van der Waals surface area contributed by atoms with Crippen LogP contribution in [0.25, 0.3) is 0 Å². The van der Waals surface area contributed by atoms with Crippen molar-refractivity contribution in [2.45, 2.75) is 17.8 Å². The molecular weight excluding hydrogens is 370 g/mol. The normalized spacial score (nSPS) is 22.6. The monoisotopic (exact) mass is 389 g/mol. The maximum absolute atomic E-state index is 12.9. The van der Waals surface area contributed by atoms with E-state index in [0.29, 0.717) is 29.8 Å². The number of thioether (sulfide) groups is 1. The predicted octanol–water partition coefficient (Wildman–Crippen LogP) is 4.19. The largest absolute Gasteiger partial charge is 0.485 e. The van der Waals surface area contributed by atoms with Crippen LogP contribution in [0.2, 0.25) is 5.02 Å². The minimum Gasteiger partial charge on any atom is -0.485 e. The Bertz CT molecular complexity index is 800.